The van der Waals surface area contributed by atoms with Gasteiger partial charge in [0.05, 0.1) is 18.8 Å². The third-order valence-corrected chi connectivity index (χ3v) is 3.12. The van der Waals surface area contributed by atoms with E-state index in [0.717, 1.165) is 42.7 Å². The maximum absolute atomic E-state index is 11.9. The first-order valence-corrected chi connectivity index (χ1v) is 5.80. The Hall–Kier alpha value is -1.51. The van der Waals surface area contributed by atoms with Crippen LogP contribution in [0.25, 0.3) is 0 Å². The van der Waals surface area contributed by atoms with E-state index in [0.29, 0.717) is 18.8 Å². The largest absolute Gasteiger partial charge is 0.493 e. The van der Waals surface area contributed by atoms with Crippen molar-refractivity contribution in [2.45, 2.75) is 25.7 Å². The van der Waals surface area contributed by atoms with E-state index < -0.39 is 0 Å². The molecule has 3 nitrogen and oxygen atoms in total. The minimum atomic E-state index is 0.195. The van der Waals surface area contributed by atoms with Crippen LogP contribution in [-0.2, 0) is 6.42 Å². The van der Waals surface area contributed by atoms with Gasteiger partial charge in [-0.1, -0.05) is 0 Å². The molecule has 3 rings (SSSR count). The van der Waals surface area contributed by atoms with Crippen molar-refractivity contribution in [3.63, 3.8) is 0 Å². The van der Waals surface area contributed by atoms with Crippen LogP contribution in [0.15, 0.2) is 12.1 Å². The monoisotopic (exact) mass is 218 g/mol. The fourth-order valence-corrected chi connectivity index (χ4v) is 2.27. The molecule has 16 heavy (non-hydrogen) atoms. The van der Waals surface area contributed by atoms with Crippen LogP contribution in [0.3, 0.4) is 0 Å². The van der Waals surface area contributed by atoms with Crippen molar-refractivity contribution >= 4 is 5.78 Å². The van der Waals surface area contributed by atoms with Gasteiger partial charge in [-0.2, -0.15) is 0 Å². The fourth-order valence-electron chi connectivity index (χ4n) is 2.27. The normalized spacial score (nSPS) is 18.9. The molecule has 0 saturated carbocycles. The number of fused-ring (bicyclic) bond motifs is 2. The minimum absolute atomic E-state index is 0.195. The molecular weight excluding hydrogens is 204 g/mol. The fraction of sp³-hybridized carbons (Fsp3) is 0.462. The summed E-state index contributed by atoms with van der Waals surface area (Å²) < 4.78 is 11.2. The lowest BCUT2D eigenvalue weighted by Gasteiger charge is -2.19. The summed E-state index contributed by atoms with van der Waals surface area (Å²) >= 11 is 0. The van der Waals surface area contributed by atoms with Gasteiger partial charge in [-0.05, 0) is 30.9 Å². The van der Waals surface area contributed by atoms with Crippen LogP contribution in [-0.4, -0.2) is 19.0 Å². The number of hydrogen-bond donors (Lipinski definition) is 0. The van der Waals surface area contributed by atoms with E-state index in [1.54, 1.807) is 0 Å². The van der Waals surface area contributed by atoms with E-state index >= 15 is 0 Å². The van der Waals surface area contributed by atoms with Gasteiger partial charge in [0, 0.05) is 12.5 Å². The highest BCUT2D eigenvalue weighted by atomic mass is 16.5. The topological polar surface area (TPSA) is 35.5 Å². The smallest absolute Gasteiger partial charge is 0.166 e. The summed E-state index contributed by atoms with van der Waals surface area (Å²) in [5.74, 6) is 1.78. The van der Waals surface area contributed by atoms with Crippen molar-refractivity contribution in [2.24, 2.45) is 0 Å². The Kier molecular flexibility index (Phi) is 2.31. The number of benzene rings is 1. The molecule has 0 fully saturated rings. The van der Waals surface area contributed by atoms with Crippen LogP contribution < -0.4 is 9.47 Å². The quantitative estimate of drug-likeness (QED) is 0.670. The van der Waals surface area contributed by atoms with E-state index in [9.17, 15) is 4.79 Å². The van der Waals surface area contributed by atoms with Crippen LogP contribution in [0.2, 0.25) is 0 Å². The van der Waals surface area contributed by atoms with Crippen molar-refractivity contribution < 1.29 is 14.3 Å². The molecule has 2 heterocycles. The Bertz CT molecular complexity index is 437. The van der Waals surface area contributed by atoms with Gasteiger partial charge in [0.2, 0.25) is 0 Å². The number of ether oxygens (including phenoxy) is 2. The van der Waals surface area contributed by atoms with Crippen molar-refractivity contribution in [3.05, 3.63) is 23.3 Å². The molecule has 0 amide bonds. The second-order valence-corrected chi connectivity index (χ2v) is 4.28. The molecule has 0 aromatic heterocycles. The zero-order chi connectivity index (χ0) is 11.0. The molecule has 0 atom stereocenters. The molecule has 1 aromatic carbocycles. The second kappa shape index (κ2) is 3.81. The van der Waals surface area contributed by atoms with Crippen LogP contribution >= 0.6 is 0 Å². The molecule has 0 unspecified atom stereocenters. The first kappa shape index (κ1) is 9.70. The maximum atomic E-state index is 11.9. The number of carbonyl (C=O) groups is 1. The van der Waals surface area contributed by atoms with Crippen molar-refractivity contribution in [2.75, 3.05) is 13.2 Å². The minimum Gasteiger partial charge on any atom is -0.493 e. The highest BCUT2D eigenvalue weighted by molar-refractivity contribution is 5.99. The van der Waals surface area contributed by atoms with Crippen LogP contribution in [0, 0.1) is 0 Å². The number of ketones is 1. The van der Waals surface area contributed by atoms with Crippen molar-refractivity contribution in [1.29, 1.82) is 0 Å². The highest BCUT2D eigenvalue weighted by Gasteiger charge is 2.21. The third kappa shape index (κ3) is 1.56. The van der Waals surface area contributed by atoms with Gasteiger partial charge in [-0.15, -0.1) is 0 Å². The van der Waals surface area contributed by atoms with Gasteiger partial charge >= 0.3 is 0 Å². The van der Waals surface area contributed by atoms with E-state index in [2.05, 4.69) is 0 Å². The third-order valence-electron chi connectivity index (χ3n) is 3.12. The number of carbonyl (C=O) groups excluding carboxylic acids is 1. The first-order chi connectivity index (χ1) is 7.84. The van der Waals surface area contributed by atoms with E-state index in [4.69, 9.17) is 9.47 Å². The summed E-state index contributed by atoms with van der Waals surface area (Å²) in [7, 11) is 0. The molecular formula is C13H14O3. The number of hydrogen-bond acceptors (Lipinski definition) is 3. The Morgan fingerprint density at radius 1 is 0.938 bits per heavy atom. The molecule has 0 bridgehead atoms. The zero-order valence-electron chi connectivity index (χ0n) is 9.12. The standard InChI is InChI=1S/C13H14O3/c14-11-4-2-6-16-13-8-12-9(7-10(11)13)3-1-5-15-12/h7-8H,1-6H2. The molecule has 0 saturated heterocycles. The second-order valence-electron chi connectivity index (χ2n) is 4.28. The van der Waals surface area contributed by atoms with Crippen LogP contribution in [0.1, 0.15) is 35.2 Å². The average molecular weight is 218 g/mol. The zero-order valence-corrected chi connectivity index (χ0v) is 9.12. The summed E-state index contributed by atoms with van der Waals surface area (Å²) in [5, 5.41) is 0. The Morgan fingerprint density at radius 2 is 1.69 bits per heavy atom. The number of aryl methyl sites for hydroxylation is 1. The summed E-state index contributed by atoms with van der Waals surface area (Å²) in [5.41, 5.74) is 1.88. The Balaban J connectivity index is 2.10. The lowest BCUT2D eigenvalue weighted by Crippen LogP contribution is -2.10. The summed E-state index contributed by atoms with van der Waals surface area (Å²) in [6, 6.07) is 3.84. The Labute approximate surface area is 94.4 Å². The maximum Gasteiger partial charge on any atom is 0.166 e. The molecule has 0 aliphatic carbocycles. The van der Waals surface area contributed by atoms with E-state index in [-0.39, 0.29) is 5.78 Å². The molecule has 0 N–H and O–H groups in total. The average Bonchev–Trinajstić information content (AvgIpc) is 2.49. The van der Waals surface area contributed by atoms with Crippen molar-refractivity contribution in [1.82, 2.24) is 0 Å². The van der Waals surface area contributed by atoms with Gasteiger partial charge in [0.1, 0.15) is 11.5 Å². The van der Waals surface area contributed by atoms with Gasteiger partial charge in [0.15, 0.2) is 5.78 Å². The molecule has 84 valence electrons. The lowest BCUT2D eigenvalue weighted by molar-refractivity contribution is 0.0983. The van der Waals surface area contributed by atoms with Gasteiger partial charge in [-0.25, -0.2) is 0 Å². The van der Waals surface area contributed by atoms with Crippen molar-refractivity contribution in [3.8, 4) is 11.5 Å². The molecule has 0 spiro atoms. The summed E-state index contributed by atoms with van der Waals surface area (Å²) in [6.45, 7) is 1.39. The van der Waals surface area contributed by atoms with Crippen LogP contribution in [0.4, 0.5) is 0 Å². The number of Topliss-reactive ketones (excluding diaryl/α,β-unsaturated/α-hetero) is 1. The van der Waals surface area contributed by atoms with Gasteiger partial charge in [-0.3, -0.25) is 4.79 Å². The van der Waals surface area contributed by atoms with Crippen LogP contribution in [0.5, 0.6) is 11.5 Å². The van der Waals surface area contributed by atoms with Gasteiger partial charge in [0.25, 0.3) is 0 Å². The summed E-state index contributed by atoms with van der Waals surface area (Å²) in [4.78, 5) is 11.9. The SMILES string of the molecule is O=C1CCCOc2cc3c(cc21)CCCO3. The first-order valence-electron chi connectivity index (χ1n) is 5.80. The number of rotatable bonds is 0. The lowest BCUT2D eigenvalue weighted by atomic mass is 9.99. The molecule has 2 aliphatic heterocycles. The predicted octanol–water partition coefficient (Wildman–Crippen LogP) is 2.37. The predicted molar refractivity (Wildman–Crippen MR) is 59.3 cm³/mol. The highest BCUT2D eigenvalue weighted by Crippen LogP contribution is 2.34. The van der Waals surface area contributed by atoms with E-state index in [1.165, 1.54) is 0 Å². The van der Waals surface area contributed by atoms with Gasteiger partial charge < -0.3 is 9.47 Å². The Morgan fingerprint density at radius 3 is 2.56 bits per heavy atom. The van der Waals surface area contributed by atoms with E-state index in [1.807, 2.05) is 12.1 Å². The summed E-state index contributed by atoms with van der Waals surface area (Å²) in [6.07, 6.45) is 3.42. The molecule has 2 aliphatic rings. The molecule has 3 heteroatoms. The molecule has 1 aromatic rings. The molecule has 0 radical (unpaired) electrons.